The molecular weight excluding hydrogens is 511 g/mol. The van der Waals surface area contributed by atoms with Crippen molar-refractivity contribution >= 4 is 52.1 Å². The van der Waals surface area contributed by atoms with E-state index in [4.69, 9.17) is 27.9 Å². The number of carbonyl (C=O) groups is 2. The Bertz CT molecular complexity index is 1460. The van der Waals surface area contributed by atoms with Gasteiger partial charge < -0.3 is 10.1 Å². The summed E-state index contributed by atoms with van der Waals surface area (Å²) in [6.45, 7) is 1.19. The number of carbonyl (C=O) groups excluding carboxylic acids is 2. The number of para-hydroxylation sites is 1. The second-order valence-electron chi connectivity index (χ2n) is 7.59. The molecule has 2 aromatic heterocycles. The van der Waals surface area contributed by atoms with Gasteiger partial charge in [-0.15, -0.1) is 11.3 Å². The molecule has 0 saturated heterocycles. The van der Waals surface area contributed by atoms with Crippen molar-refractivity contribution < 1.29 is 14.3 Å². The molecule has 1 amide bonds. The van der Waals surface area contributed by atoms with Gasteiger partial charge in [0.15, 0.2) is 6.61 Å². The van der Waals surface area contributed by atoms with Gasteiger partial charge in [-0.3, -0.25) is 19.1 Å². The molecular formula is C24H20Cl2N4O4S. The van der Waals surface area contributed by atoms with Gasteiger partial charge >= 0.3 is 5.97 Å². The Hall–Kier alpha value is -3.40. The first kappa shape index (κ1) is 24.7. The second-order valence-corrected chi connectivity index (χ2v) is 9.29. The Morgan fingerprint density at radius 1 is 1.14 bits per heavy atom. The van der Waals surface area contributed by atoms with Crippen molar-refractivity contribution in [1.29, 1.82) is 0 Å². The average molecular weight is 531 g/mol. The Labute approximate surface area is 214 Å². The topological polar surface area (TPSA) is 95.2 Å². The van der Waals surface area contributed by atoms with Crippen LogP contribution in [-0.4, -0.2) is 32.8 Å². The number of thiazole rings is 1. The summed E-state index contributed by atoms with van der Waals surface area (Å²) >= 11 is 13.5. The Morgan fingerprint density at radius 3 is 2.60 bits per heavy atom. The number of nitrogens with one attached hydrogen (secondary N) is 1. The summed E-state index contributed by atoms with van der Waals surface area (Å²) < 4.78 is 8.18. The zero-order chi connectivity index (χ0) is 25.1. The van der Waals surface area contributed by atoms with E-state index >= 15 is 0 Å². The van der Waals surface area contributed by atoms with E-state index in [1.807, 2.05) is 18.2 Å². The summed E-state index contributed by atoms with van der Waals surface area (Å²) in [5, 5.41) is 5.89. The van der Waals surface area contributed by atoms with Crippen molar-refractivity contribution in [3.63, 3.8) is 0 Å². The van der Waals surface area contributed by atoms with Crippen LogP contribution in [0.25, 0.3) is 16.3 Å². The van der Waals surface area contributed by atoms with E-state index < -0.39 is 18.5 Å². The molecule has 35 heavy (non-hydrogen) atoms. The van der Waals surface area contributed by atoms with Crippen LogP contribution in [0.1, 0.15) is 11.4 Å². The molecule has 0 fully saturated rings. The molecule has 0 unspecified atom stereocenters. The molecule has 0 radical (unpaired) electrons. The molecule has 8 nitrogen and oxygen atoms in total. The Kier molecular flexibility index (Phi) is 7.39. The molecule has 4 aromatic rings. The third-order valence-corrected chi connectivity index (χ3v) is 6.69. The van der Waals surface area contributed by atoms with E-state index in [1.165, 1.54) is 16.0 Å². The minimum atomic E-state index is -0.620. The molecule has 11 heteroatoms. The lowest BCUT2D eigenvalue weighted by atomic mass is 10.2. The number of ether oxygens (including phenoxy) is 1. The third-order valence-electron chi connectivity index (χ3n) is 5.22. The second kappa shape index (κ2) is 10.5. The molecule has 0 atom stereocenters. The summed E-state index contributed by atoms with van der Waals surface area (Å²) in [6.07, 6.45) is -0.111. The fourth-order valence-corrected chi connectivity index (χ4v) is 4.82. The first-order valence-electron chi connectivity index (χ1n) is 10.4. The van der Waals surface area contributed by atoms with Crippen LogP contribution in [0.3, 0.4) is 0 Å². The van der Waals surface area contributed by atoms with Gasteiger partial charge in [-0.1, -0.05) is 41.4 Å². The monoisotopic (exact) mass is 530 g/mol. The first-order chi connectivity index (χ1) is 16.7. The van der Waals surface area contributed by atoms with Crippen LogP contribution >= 0.6 is 34.5 Å². The van der Waals surface area contributed by atoms with Gasteiger partial charge in [0.1, 0.15) is 10.7 Å². The zero-order valence-corrected chi connectivity index (χ0v) is 21.1. The van der Waals surface area contributed by atoms with Gasteiger partial charge in [0.05, 0.1) is 28.5 Å². The Balaban J connectivity index is 1.36. The van der Waals surface area contributed by atoms with Crippen LogP contribution in [0.2, 0.25) is 10.0 Å². The van der Waals surface area contributed by atoms with Crippen molar-refractivity contribution in [2.75, 3.05) is 11.9 Å². The third kappa shape index (κ3) is 5.48. The van der Waals surface area contributed by atoms with Crippen molar-refractivity contribution in [2.24, 2.45) is 7.05 Å². The fraction of sp³-hybridized carbons (Fsp3) is 0.167. The van der Waals surface area contributed by atoms with Crippen LogP contribution in [0, 0.1) is 6.92 Å². The Morgan fingerprint density at radius 2 is 1.89 bits per heavy atom. The van der Waals surface area contributed by atoms with Crippen LogP contribution in [0.15, 0.2) is 58.7 Å². The zero-order valence-electron chi connectivity index (χ0n) is 18.7. The number of rotatable bonds is 7. The van der Waals surface area contributed by atoms with Crippen molar-refractivity contribution in [3.05, 3.63) is 85.7 Å². The maximum atomic E-state index is 12.9. The van der Waals surface area contributed by atoms with Crippen LogP contribution in [-0.2, 0) is 27.8 Å². The lowest BCUT2D eigenvalue weighted by molar-refractivity contribution is -0.146. The van der Waals surface area contributed by atoms with Gasteiger partial charge in [0, 0.05) is 23.0 Å². The van der Waals surface area contributed by atoms with E-state index in [1.54, 1.807) is 54.4 Å². The summed E-state index contributed by atoms with van der Waals surface area (Å²) in [6, 6.07) is 14.1. The standard InChI is InChI=1S/C24H20Cl2N4O4S/c1-14-22(24(33)30(29(14)2)17-6-4-3-5-7-17)28-20(31)12-34-21(32)11-16-13-35-23(27-16)18-9-8-15(25)10-19(18)26/h3-10,13H,11-12H2,1-2H3,(H,28,31). The molecule has 0 bridgehead atoms. The normalized spacial score (nSPS) is 10.9. The van der Waals surface area contributed by atoms with E-state index in [2.05, 4.69) is 10.3 Å². The molecule has 0 spiro atoms. The highest BCUT2D eigenvalue weighted by Gasteiger charge is 2.19. The predicted octanol–water partition coefficient (Wildman–Crippen LogP) is 4.64. The number of hydrogen-bond acceptors (Lipinski definition) is 6. The molecule has 2 heterocycles. The maximum absolute atomic E-state index is 12.9. The average Bonchev–Trinajstić information content (AvgIpc) is 3.36. The molecule has 1 N–H and O–H groups in total. The highest BCUT2D eigenvalue weighted by molar-refractivity contribution is 7.13. The lowest BCUT2D eigenvalue weighted by Crippen LogP contribution is -2.26. The number of nitrogens with zero attached hydrogens (tertiary/aromatic N) is 3. The highest BCUT2D eigenvalue weighted by atomic mass is 35.5. The molecule has 0 aliphatic carbocycles. The molecule has 0 aliphatic rings. The molecule has 0 saturated carbocycles. The van der Waals surface area contributed by atoms with Crippen molar-refractivity contribution in [2.45, 2.75) is 13.3 Å². The van der Waals surface area contributed by atoms with Crippen molar-refractivity contribution in [3.8, 4) is 16.3 Å². The summed E-state index contributed by atoms with van der Waals surface area (Å²) in [7, 11) is 1.72. The van der Waals surface area contributed by atoms with E-state index in [9.17, 15) is 14.4 Å². The number of benzene rings is 2. The van der Waals surface area contributed by atoms with Gasteiger partial charge in [0.2, 0.25) is 0 Å². The number of amides is 1. The molecule has 180 valence electrons. The SMILES string of the molecule is Cc1c(NC(=O)COC(=O)Cc2csc(-c3ccc(Cl)cc3Cl)n2)c(=O)n(-c2ccccc2)n1C. The molecule has 0 aliphatic heterocycles. The van der Waals surface area contributed by atoms with Gasteiger partial charge in [-0.2, -0.15) is 0 Å². The van der Waals surface area contributed by atoms with Gasteiger partial charge in [0.25, 0.3) is 11.5 Å². The number of halogens is 2. The maximum Gasteiger partial charge on any atom is 0.312 e. The van der Waals surface area contributed by atoms with Crippen LogP contribution in [0.4, 0.5) is 5.69 Å². The van der Waals surface area contributed by atoms with E-state index in [-0.39, 0.29) is 17.7 Å². The number of esters is 1. The van der Waals surface area contributed by atoms with Gasteiger partial charge in [-0.25, -0.2) is 9.67 Å². The smallest absolute Gasteiger partial charge is 0.312 e. The molecule has 4 rings (SSSR count). The highest BCUT2D eigenvalue weighted by Crippen LogP contribution is 2.32. The quantitative estimate of drug-likeness (QED) is 0.351. The van der Waals surface area contributed by atoms with Crippen LogP contribution < -0.4 is 10.9 Å². The van der Waals surface area contributed by atoms with Gasteiger partial charge in [-0.05, 0) is 37.3 Å². The summed E-state index contributed by atoms with van der Waals surface area (Å²) in [5.74, 6) is -1.23. The summed E-state index contributed by atoms with van der Waals surface area (Å²) in [5.41, 5.74) is 2.17. The van der Waals surface area contributed by atoms with Crippen molar-refractivity contribution in [1.82, 2.24) is 14.3 Å². The van der Waals surface area contributed by atoms with Crippen LogP contribution in [0.5, 0.6) is 0 Å². The molecule has 2 aromatic carbocycles. The largest absolute Gasteiger partial charge is 0.455 e. The van der Waals surface area contributed by atoms with E-state index in [0.717, 1.165) is 0 Å². The predicted molar refractivity (Wildman–Crippen MR) is 137 cm³/mol. The lowest BCUT2D eigenvalue weighted by Gasteiger charge is -2.07. The fourth-order valence-electron chi connectivity index (χ4n) is 3.41. The summed E-state index contributed by atoms with van der Waals surface area (Å²) in [4.78, 5) is 41.9. The first-order valence-corrected chi connectivity index (χ1v) is 12.1. The minimum Gasteiger partial charge on any atom is -0.455 e. The minimum absolute atomic E-state index is 0.111. The number of aromatic nitrogens is 3. The number of anilines is 1. The number of hydrogen-bond donors (Lipinski definition) is 1. The van der Waals surface area contributed by atoms with E-state index in [0.29, 0.717) is 37.7 Å².